The van der Waals surface area contributed by atoms with E-state index in [4.69, 9.17) is 18.9 Å². The summed E-state index contributed by atoms with van der Waals surface area (Å²) >= 11 is 0. The molecule has 2 aliphatic heterocycles. The zero-order chi connectivity index (χ0) is 30.8. The average molecular weight is 595 g/mol. The highest BCUT2D eigenvalue weighted by molar-refractivity contribution is 6.05. The van der Waals surface area contributed by atoms with E-state index >= 15 is 0 Å². The maximum atomic E-state index is 13.6. The molecule has 3 aromatic carbocycles. The molecule has 0 aromatic heterocycles. The van der Waals surface area contributed by atoms with Crippen molar-refractivity contribution in [2.75, 3.05) is 6.61 Å². The highest BCUT2D eigenvalue weighted by Crippen LogP contribution is 2.43. The third-order valence-corrected chi connectivity index (χ3v) is 7.15. The Morgan fingerprint density at radius 3 is 2.30 bits per heavy atom. The van der Waals surface area contributed by atoms with Gasteiger partial charge in [0.25, 0.3) is 0 Å². The van der Waals surface area contributed by atoms with E-state index in [0.717, 1.165) is 23.3 Å². The Morgan fingerprint density at radius 2 is 1.60 bits per heavy atom. The minimum absolute atomic E-state index is 0.0618. The van der Waals surface area contributed by atoms with E-state index in [-0.39, 0.29) is 22.8 Å². The molecule has 7 atom stereocenters. The molecule has 43 heavy (non-hydrogen) atoms. The van der Waals surface area contributed by atoms with Crippen LogP contribution in [-0.2, 0) is 19.0 Å². The number of hydrogen-bond acceptors (Lipinski definition) is 12. The molecule has 2 heterocycles. The van der Waals surface area contributed by atoms with E-state index in [0.29, 0.717) is 5.56 Å². The second kappa shape index (κ2) is 12.4. The highest BCUT2D eigenvalue weighted by Gasteiger charge is 2.49. The molecule has 1 fully saturated rings. The number of esters is 1. The van der Waals surface area contributed by atoms with Crippen LogP contribution in [0.15, 0.2) is 66.7 Å². The molecule has 5 rings (SSSR count). The second-order valence-corrected chi connectivity index (χ2v) is 10.3. The molecule has 0 aliphatic carbocycles. The van der Waals surface area contributed by atoms with Crippen molar-refractivity contribution in [1.82, 2.24) is 0 Å². The van der Waals surface area contributed by atoms with Crippen LogP contribution in [0.2, 0.25) is 0 Å². The summed E-state index contributed by atoms with van der Waals surface area (Å²) in [4.78, 5) is 25.9. The molecule has 12 nitrogen and oxygen atoms in total. The normalized spacial score (nSPS) is 27.0. The molecule has 6 N–H and O–H groups in total. The van der Waals surface area contributed by atoms with Crippen LogP contribution >= 0.6 is 0 Å². The molecule has 0 bridgehead atoms. The van der Waals surface area contributed by atoms with Crippen LogP contribution in [0.1, 0.15) is 33.2 Å². The molecule has 0 radical (unpaired) electrons. The van der Waals surface area contributed by atoms with Gasteiger partial charge >= 0.3 is 5.97 Å². The highest BCUT2D eigenvalue weighted by atomic mass is 16.7. The largest absolute Gasteiger partial charge is 0.508 e. The van der Waals surface area contributed by atoms with E-state index in [2.05, 4.69) is 0 Å². The van der Waals surface area contributed by atoms with E-state index in [9.17, 15) is 40.2 Å². The van der Waals surface area contributed by atoms with E-state index in [1.807, 2.05) is 31.2 Å². The Labute approximate surface area is 245 Å². The lowest BCUT2D eigenvalue weighted by Gasteiger charge is -2.42. The minimum Gasteiger partial charge on any atom is -0.508 e. The SMILES string of the molecule is Cc1ccc(/C=C/C(=O)OCC2OC(OC3C(=O)c4c(O)cc(O)cc4OC3c3ccc(O)cc3)C(O)C(O)C2O)cc1. The quantitative estimate of drug-likeness (QED) is 0.172. The molecule has 0 saturated carbocycles. The third-order valence-electron chi connectivity index (χ3n) is 7.15. The zero-order valence-corrected chi connectivity index (χ0v) is 22.8. The standard InChI is InChI=1S/C31H30O12/c1-15-2-4-16(5-3-15)6-11-23(35)40-14-22-25(36)27(38)28(39)31(42-22)43-30-26(37)24-20(34)12-19(33)13-21(24)41-29(30)17-7-9-18(32)10-8-17/h2-13,22,25,27-34,36,38-39H,14H2,1H3/b11-6+. The minimum atomic E-state index is -1.84. The lowest BCUT2D eigenvalue weighted by molar-refractivity contribution is -0.312. The summed E-state index contributed by atoms with van der Waals surface area (Å²) in [6.45, 7) is 1.40. The average Bonchev–Trinajstić information content (AvgIpc) is 2.97. The fraction of sp³-hybridized carbons (Fsp3) is 0.290. The molecule has 226 valence electrons. The number of aliphatic hydroxyl groups excluding tert-OH is 3. The predicted molar refractivity (Wildman–Crippen MR) is 148 cm³/mol. The lowest BCUT2D eigenvalue weighted by Crippen LogP contribution is -2.60. The van der Waals surface area contributed by atoms with Gasteiger partial charge in [0.1, 0.15) is 59.6 Å². The van der Waals surface area contributed by atoms with Crippen molar-refractivity contribution in [1.29, 1.82) is 0 Å². The molecule has 2 aliphatic rings. The van der Waals surface area contributed by atoms with Crippen molar-refractivity contribution < 1.29 is 59.2 Å². The van der Waals surface area contributed by atoms with Crippen LogP contribution in [0.3, 0.4) is 0 Å². The van der Waals surface area contributed by atoms with Crippen LogP contribution in [0.25, 0.3) is 6.08 Å². The number of rotatable bonds is 7. The van der Waals surface area contributed by atoms with Crippen LogP contribution in [0, 0.1) is 6.92 Å². The summed E-state index contributed by atoms with van der Waals surface area (Å²) < 4.78 is 22.6. The number of phenolic OH excluding ortho intramolecular Hbond substituents is 3. The second-order valence-electron chi connectivity index (χ2n) is 10.3. The first-order valence-electron chi connectivity index (χ1n) is 13.3. The smallest absolute Gasteiger partial charge is 0.330 e. The van der Waals surface area contributed by atoms with E-state index in [1.165, 1.54) is 36.4 Å². The number of carbonyl (C=O) groups excluding carboxylic acids is 2. The number of Topliss-reactive ketones (excluding diaryl/α,β-unsaturated/α-hetero) is 1. The Kier molecular flexibility index (Phi) is 8.67. The van der Waals surface area contributed by atoms with Crippen molar-refractivity contribution >= 4 is 17.8 Å². The summed E-state index contributed by atoms with van der Waals surface area (Å²) in [5, 5.41) is 61.8. The number of phenols is 3. The number of carbonyl (C=O) groups is 2. The van der Waals surface area contributed by atoms with Crippen LogP contribution in [0.5, 0.6) is 23.0 Å². The third kappa shape index (κ3) is 6.48. The lowest BCUT2D eigenvalue weighted by atomic mass is 9.92. The number of aryl methyl sites for hydroxylation is 1. The van der Waals surface area contributed by atoms with Gasteiger partial charge in [0.15, 0.2) is 18.5 Å². The molecule has 1 saturated heterocycles. The van der Waals surface area contributed by atoms with Crippen molar-refractivity contribution in [2.45, 2.75) is 49.8 Å². The number of aliphatic hydroxyl groups is 3. The van der Waals surface area contributed by atoms with Gasteiger partial charge in [0.05, 0.1) is 0 Å². The number of hydrogen-bond donors (Lipinski definition) is 6. The summed E-state index contributed by atoms with van der Waals surface area (Å²) in [6, 6.07) is 15.1. The molecule has 0 spiro atoms. The summed E-state index contributed by atoms with van der Waals surface area (Å²) in [7, 11) is 0. The number of ether oxygens (including phenoxy) is 4. The van der Waals surface area contributed by atoms with E-state index < -0.39 is 67.0 Å². The molecule has 7 unspecified atom stereocenters. The summed E-state index contributed by atoms with van der Waals surface area (Å²) in [6.07, 6.45) is -8.48. The van der Waals surface area contributed by atoms with Crippen molar-refractivity contribution in [3.63, 3.8) is 0 Å². The van der Waals surface area contributed by atoms with Gasteiger partial charge in [0.2, 0.25) is 5.78 Å². The summed E-state index contributed by atoms with van der Waals surface area (Å²) in [5.74, 6) is -2.69. The van der Waals surface area contributed by atoms with Gasteiger partial charge in [-0.25, -0.2) is 4.79 Å². The van der Waals surface area contributed by atoms with Gasteiger partial charge in [-0.2, -0.15) is 0 Å². The maximum absolute atomic E-state index is 13.6. The first-order chi connectivity index (χ1) is 20.5. The first kappa shape index (κ1) is 30.0. The monoisotopic (exact) mass is 594 g/mol. The zero-order valence-electron chi connectivity index (χ0n) is 22.8. The topological polar surface area (TPSA) is 192 Å². The Bertz CT molecular complexity index is 1500. The fourth-order valence-corrected chi connectivity index (χ4v) is 4.81. The van der Waals surface area contributed by atoms with Gasteiger partial charge < -0.3 is 49.6 Å². The molecule has 3 aromatic rings. The van der Waals surface area contributed by atoms with Gasteiger partial charge in [-0.15, -0.1) is 0 Å². The number of fused-ring (bicyclic) bond motifs is 1. The Hall–Kier alpha value is -4.46. The maximum Gasteiger partial charge on any atom is 0.330 e. The molecule has 12 heteroatoms. The summed E-state index contributed by atoms with van der Waals surface area (Å²) in [5.41, 5.74) is 1.86. The van der Waals surface area contributed by atoms with Gasteiger partial charge in [0, 0.05) is 18.2 Å². The van der Waals surface area contributed by atoms with Crippen LogP contribution < -0.4 is 4.74 Å². The molecular formula is C31H30O12. The van der Waals surface area contributed by atoms with Gasteiger partial charge in [-0.05, 0) is 36.3 Å². The van der Waals surface area contributed by atoms with Crippen molar-refractivity contribution in [2.24, 2.45) is 0 Å². The number of ketones is 1. The van der Waals surface area contributed by atoms with Gasteiger partial charge in [-0.3, -0.25) is 4.79 Å². The predicted octanol–water partition coefficient (Wildman–Crippen LogP) is 1.88. The van der Waals surface area contributed by atoms with Crippen LogP contribution in [-0.4, -0.2) is 85.8 Å². The number of benzene rings is 3. The van der Waals surface area contributed by atoms with Crippen molar-refractivity contribution in [3.05, 3.63) is 89.0 Å². The van der Waals surface area contributed by atoms with Gasteiger partial charge in [-0.1, -0.05) is 42.0 Å². The van der Waals surface area contributed by atoms with E-state index in [1.54, 1.807) is 0 Å². The molecule has 0 amide bonds. The van der Waals surface area contributed by atoms with Crippen LogP contribution in [0.4, 0.5) is 0 Å². The molecular weight excluding hydrogens is 564 g/mol. The van der Waals surface area contributed by atoms with Crippen molar-refractivity contribution in [3.8, 4) is 23.0 Å². The fourth-order valence-electron chi connectivity index (χ4n) is 4.81. The first-order valence-corrected chi connectivity index (χ1v) is 13.3. The Balaban J connectivity index is 1.34. The Morgan fingerprint density at radius 1 is 0.907 bits per heavy atom. The number of aromatic hydroxyl groups is 3.